The van der Waals surface area contributed by atoms with Crippen LogP contribution in [0.25, 0.3) is 10.6 Å². The second-order valence-corrected chi connectivity index (χ2v) is 7.31. The van der Waals surface area contributed by atoms with Crippen LogP contribution in [0.5, 0.6) is 0 Å². The lowest BCUT2D eigenvalue weighted by atomic mass is 10.1. The van der Waals surface area contributed by atoms with Gasteiger partial charge < -0.3 is 10.2 Å². The van der Waals surface area contributed by atoms with Gasteiger partial charge in [-0.25, -0.2) is 4.98 Å². The van der Waals surface area contributed by atoms with Gasteiger partial charge in [-0.2, -0.15) is 0 Å². The van der Waals surface area contributed by atoms with Crippen LogP contribution < -0.4 is 5.32 Å². The lowest BCUT2D eigenvalue weighted by molar-refractivity contribution is 0.0772. The zero-order chi connectivity index (χ0) is 20.1. The van der Waals surface area contributed by atoms with Crippen LogP contribution in [0.1, 0.15) is 39.6 Å². The Kier molecular flexibility index (Phi) is 6.21. The van der Waals surface area contributed by atoms with Gasteiger partial charge in [0.25, 0.3) is 11.8 Å². The van der Waals surface area contributed by atoms with Gasteiger partial charge in [0.05, 0.1) is 5.69 Å². The highest BCUT2D eigenvalue weighted by Crippen LogP contribution is 2.28. The third kappa shape index (κ3) is 4.28. The number of aromatic nitrogens is 1. The van der Waals surface area contributed by atoms with E-state index in [-0.39, 0.29) is 11.8 Å². The number of anilines is 1. The minimum atomic E-state index is -0.218. The highest BCUT2D eigenvalue weighted by molar-refractivity contribution is 7.17. The molecule has 0 saturated carbocycles. The lowest BCUT2D eigenvalue weighted by Crippen LogP contribution is -2.30. The molecule has 5 nitrogen and oxygen atoms in total. The number of rotatable bonds is 6. The molecule has 0 atom stereocenters. The molecule has 28 heavy (non-hydrogen) atoms. The Morgan fingerprint density at radius 1 is 1.04 bits per heavy atom. The van der Waals surface area contributed by atoms with Crippen LogP contribution in [0.3, 0.4) is 0 Å². The molecule has 0 aliphatic heterocycles. The molecule has 0 bridgehead atoms. The fourth-order valence-electron chi connectivity index (χ4n) is 2.92. The van der Waals surface area contributed by atoms with Crippen molar-refractivity contribution in [3.05, 3.63) is 70.7 Å². The Hall–Kier alpha value is -2.99. The minimum Gasteiger partial charge on any atom is -0.339 e. The molecule has 0 unspecified atom stereocenters. The van der Waals surface area contributed by atoms with E-state index in [1.807, 2.05) is 51.1 Å². The largest absolute Gasteiger partial charge is 0.339 e. The van der Waals surface area contributed by atoms with Gasteiger partial charge in [0.2, 0.25) is 0 Å². The first-order valence-electron chi connectivity index (χ1n) is 9.27. The minimum absolute atomic E-state index is 0.0403. The smallest absolute Gasteiger partial charge is 0.267 e. The van der Waals surface area contributed by atoms with Crippen LogP contribution in [0.2, 0.25) is 0 Å². The van der Waals surface area contributed by atoms with Gasteiger partial charge in [-0.05, 0) is 39.0 Å². The Labute approximate surface area is 169 Å². The monoisotopic (exact) mass is 393 g/mol. The van der Waals surface area contributed by atoms with E-state index < -0.39 is 0 Å². The highest BCUT2D eigenvalue weighted by atomic mass is 32.1. The van der Waals surface area contributed by atoms with Crippen molar-refractivity contribution in [3.63, 3.8) is 0 Å². The quantitative estimate of drug-likeness (QED) is 0.651. The third-order valence-electron chi connectivity index (χ3n) is 4.44. The number of thiazole rings is 1. The van der Waals surface area contributed by atoms with Crippen LogP contribution in [0.4, 0.5) is 5.69 Å². The average Bonchev–Trinajstić information content (AvgIpc) is 3.11. The van der Waals surface area contributed by atoms with Crippen molar-refractivity contribution >= 4 is 28.8 Å². The van der Waals surface area contributed by atoms with E-state index in [9.17, 15) is 9.59 Å². The molecule has 144 valence electrons. The number of aryl methyl sites for hydroxylation is 1. The summed E-state index contributed by atoms with van der Waals surface area (Å²) in [6.07, 6.45) is 0. The summed E-state index contributed by atoms with van der Waals surface area (Å²) in [5.74, 6) is -0.258. The highest BCUT2D eigenvalue weighted by Gasteiger charge is 2.18. The molecule has 2 aromatic carbocycles. The van der Waals surface area contributed by atoms with Crippen molar-refractivity contribution < 1.29 is 9.59 Å². The number of carbonyl (C=O) groups is 2. The van der Waals surface area contributed by atoms with Crippen molar-refractivity contribution in [3.8, 4) is 10.6 Å². The molecule has 0 aliphatic rings. The number of nitrogens with zero attached hydrogens (tertiary/aromatic N) is 2. The Balaban J connectivity index is 1.80. The number of benzene rings is 2. The third-order valence-corrected chi connectivity index (χ3v) is 5.65. The van der Waals surface area contributed by atoms with Crippen molar-refractivity contribution in [1.29, 1.82) is 0 Å². The maximum Gasteiger partial charge on any atom is 0.267 e. The van der Waals surface area contributed by atoms with Crippen molar-refractivity contribution in [2.24, 2.45) is 0 Å². The summed E-state index contributed by atoms with van der Waals surface area (Å²) in [6, 6.07) is 16.8. The molecule has 2 amide bonds. The van der Waals surface area contributed by atoms with Crippen molar-refractivity contribution in [2.75, 3.05) is 18.4 Å². The summed E-state index contributed by atoms with van der Waals surface area (Å²) in [4.78, 5) is 32.2. The summed E-state index contributed by atoms with van der Waals surface area (Å²) in [5.41, 5.74) is 2.84. The molecule has 0 radical (unpaired) electrons. The molecule has 1 heterocycles. The van der Waals surface area contributed by atoms with Gasteiger partial charge in [-0.3, -0.25) is 9.59 Å². The maximum absolute atomic E-state index is 12.8. The van der Waals surface area contributed by atoms with E-state index >= 15 is 0 Å². The summed E-state index contributed by atoms with van der Waals surface area (Å²) >= 11 is 1.36. The summed E-state index contributed by atoms with van der Waals surface area (Å²) in [5, 5.41) is 3.71. The number of nitrogens with one attached hydrogen (secondary N) is 1. The second-order valence-electron chi connectivity index (χ2n) is 6.31. The van der Waals surface area contributed by atoms with E-state index in [1.54, 1.807) is 29.2 Å². The molecule has 3 rings (SSSR count). The van der Waals surface area contributed by atoms with Gasteiger partial charge in [0.15, 0.2) is 0 Å². The van der Waals surface area contributed by atoms with Crippen molar-refractivity contribution in [1.82, 2.24) is 9.88 Å². The molecular weight excluding hydrogens is 370 g/mol. The first-order chi connectivity index (χ1) is 13.5. The first-order valence-corrected chi connectivity index (χ1v) is 10.1. The molecule has 1 N–H and O–H groups in total. The SMILES string of the molecule is CCN(CC)C(=O)c1cccc(NC(=O)c2sc(-c3ccccc3)nc2C)c1. The molecular formula is C22H23N3O2S. The van der Waals surface area contributed by atoms with Gasteiger partial charge in [-0.15, -0.1) is 11.3 Å². The number of hydrogen-bond donors (Lipinski definition) is 1. The summed E-state index contributed by atoms with van der Waals surface area (Å²) in [6.45, 7) is 7.02. The Morgan fingerprint density at radius 3 is 2.43 bits per heavy atom. The van der Waals surface area contributed by atoms with E-state index in [0.717, 1.165) is 10.6 Å². The van der Waals surface area contributed by atoms with E-state index in [2.05, 4.69) is 10.3 Å². The van der Waals surface area contributed by atoms with Gasteiger partial charge >= 0.3 is 0 Å². The second kappa shape index (κ2) is 8.80. The zero-order valence-corrected chi connectivity index (χ0v) is 17.0. The van der Waals surface area contributed by atoms with Crippen LogP contribution in [0.15, 0.2) is 54.6 Å². The fourth-order valence-corrected chi connectivity index (χ4v) is 3.89. The van der Waals surface area contributed by atoms with Crippen LogP contribution in [-0.2, 0) is 0 Å². The maximum atomic E-state index is 12.8. The zero-order valence-electron chi connectivity index (χ0n) is 16.2. The average molecular weight is 394 g/mol. The summed E-state index contributed by atoms with van der Waals surface area (Å²) in [7, 11) is 0. The number of carbonyl (C=O) groups excluding carboxylic acids is 2. The Bertz CT molecular complexity index is 978. The first kappa shape index (κ1) is 19.8. The Morgan fingerprint density at radius 2 is 1.75 bits per heavy atom. The van der Waals surface area contributed by atoms with Gasteiger partial charge in [0, 0.05) is 29.9 Å². The molecule has 0 aliphatic carbocycles. The predicted octanol–water partition coefficient (Wildman–Crippen LogP) is 4.85. The predicted molar refractivity (Wildman–Crippen MR) is 114 cm³/mol. The molecule has 1 aromatic heterocycles. The molecule has 6 heteroatoms. The van der Waals surface area contributed by atoms with E-state index in [4.69, 9.17) is 0 Å². The van der Waals surface area contributed by atoms with Crippen LogP contribution in [0, 0.1) is 6.92 Å². The van der Waals surface area contributed by atoms with Crippen molar-refractivity contribution in [2.45, 2.75) is 20.8 Å². The number of hydrogen-bond acceptors (Lipinski definition) is 4. The fraction of sp³-hybridized carbons (Fsp3) is 0.227. The van der Waals surface area contributed by atoms with Crippen LogP contribution in [-0.4, -0.2) is 34.8 Å². The van der Waals surface area contributed by atoms with E-state index in [1.165, 1.54) is 11.3 Å². The standard InChI is InChI=1S/C22H23N3O2S/c1-4-25(5-2)22(27)17-12-9-13-18(14-17)24-20(26)19-15(3)23-21(28-19)16-10-7-6-8-11-16/h6-14H,4-5H2,1-3H3,(H,24,26). The molecule has 0 saturated heterocycles. The van der Waals surface area contributed by atoms with E-state index in [0.29, 0.717) is 34.9 Å². The molecule has 3 aromatic rings. The number of amides is 2. The normalized spacial score (nSPS) is 10.5. The molecule has 0 spiro atoms. The lowest BCUT2D eigenvalue weighted by Gasteiger charge is -2.19. The topological polar surface area (TPSA) is 62.3 Å². The van der Waals surface area contributed by atoms with Gasteiger partial charge in [-0.1, -0.05) is 36.4 Å². The van der Waals surface area contributed by atoms with Crippen LogP contribution >= 0.6 is 11.3 Å². The summed E-state index contributed by atoms with van der Waals surface area (Å²) < 4.78 is 0. The molecule has 0 fully saturated rings. The van der Waals surface area contributed by atoms with Gasteiger partial charge in [0.1, 0.15) is 9.88 Å².